The molecule has 0 saturated carbocycles. The van der Waals surface area contributed by atoms with Crippen molar-refractivity contribution in [3.63, 3.8) is 0 Å². The zero-order valence-corrected chi connectivity index (χ0v) is 13.7. The van der Waals surface area contributed by atoms with Crippen LogP contribution in [0.2, 0.25) is 0 Å². The van der Waals surface area contributed by atoms with Crippen molar-refractivity contribution < 1.29 is 17.9 Å². The van der Waals surface area contributed by atoms with Gasteiger partial charge in [0.15, 0.2) is 5.13 Å². The summed E-state index contributed by atoms with van der Waals surface area (Å²) in [7, 11) is 1.64. The molecule has 23 heavy (non-hydrogen) atoms. The van der Waals surface area contributed by atoms with E-state index in [9.17, 15) is 13.2 Å². The highest BCUT2D eigenvalue weighted by Crippen LogP contribution is 2.29. The van der Waals surface area contributed by atoms with Crippen LogP contribution in [0.25, 0.3) is 10.2 Å². The number of methoxy groups -OCH3 is 1. The average Bonchev–Trinajstić information content (AvgIpc) is 2.86. The molecule has 2 aromatic carbocycles. The van der Waals surface area contributed by atoms with Gasteiger partial charge in [-0.3, -0.25) is 0 Å². The lowest BCUT2D eigenvalue weighted by molar-refractivity contribution is -0.137. The molecule has 2 N–H and O–H groups in total. The molecule has 0 spiro atoms. The Kier molecular flexibility index (Phi) is 5.38. The summed E-state index contributed by atoms with van der Waals surface area (Å²) in [6.07, 6.45) is -4.25. The number of anilines is 1. The van der Waals surface area contributed by atoms with Crippen LogP contribution >= 0.6 is 24.0 Å². The van der Waals surface area contributed by atoms with Gasteiger partial charge in [0.25, 0.3) is 0 Å². The fourth-order valence-electron chi connectivity index (χ4n) is 1.70. The maximum Gasteiger partial charge on any atom is 0.416 e. The summed E-state index contributed by atoms with van der Waals surface area (Å²) in [5.74, 6) is 0.839. The summed E-state index contributed by atoms with van der Waals surface area (Å²) in [5, 5.41) is 0.596. The molecule has 0 fully saturated rings. The Bertz CT molecular complexity index is 786. The Balaban J connectivity index is 0.000000168. The van der Waals surface area contributed by atoms with Crippen molar-refractivity contribution in [2.75, 3.05) is 12.8 Å². The van der Waals surface area contributed by atoms with Crippen LogP contribution in [0.5, 0.6) is 5.75 Å². The number of hydrogen-bond donors (Lipinski definition) is 2. The molecule has 0 aliphatic rings. The fourth-order valence-corrected chi connectivity index (χ4v) is 2.61. The molecule has 1 heterocycles. The second-order valence-corrected chi connectivity index (χ2v) is 6.01. The molecule has 1 aromatic heterocycles. The largest absolute Gasteiger partial charge is 0.497 e. The summed E-state index contributed by atoms with van der Waals surface area (Å²) >= 11 is 5.33. The Morgan fingerprint density at radius 2 is 1.78 bits per heavy atom. The lowest BCUT2D eigenvalue weighted by atomic mass is 10.2. The van der Waals surface area contributed by atoms with Crippen LogP contribution in [0, 0.1) is 0 Å². The van der Waals surface area contributed by atoms with Crippen LogP contribution in [0.1, 0.15) is 5.56 Å². The smallest absolute Gasteiger partial charge is 0.416 e. The maximum absolute atomic E-state index is 11.9. The number of aromatic nitrogens is 1. The Morgan fingerprint density at radius 3 is 2.35 bits per heavy atom. The normalized spacial score (nSPS) is 11.0. The molecular weight excluding hydrogens is 345 g/mol. The summed E-state index contributed by atoms with van der Waals surface area (Å²) in [5.41, 5.74) is 5.83. The van der Waals surface area contributed by atoms with E-state index in [2.05, 4.69) is 17.6 Å². The van der Waals surface area contributed by atoms with Crippen molar-refractivity contribution in [2.45, 2.75) is 11.1 Å². The van der Waals surface area contributed by atoms with Gasteiger partial charge in [0, 0.05) is 4.90 Å². The molecule has 3 nitrogen and oxygen atoms in total. The number of ether oxygens (including phenoxy) is 1. The number of nitrogens with two attached hydrogens (primary N) is 1. The van der Waals surface area contributed by atoms with Crippen molar-refractivity contribution in [3.8, 4) is 5.75 Å². The third kappa shape index (κ3) is 4.77. The molecule has 0 saturated heterocycles. The Labute approximate surface area is 140 Å². The molecular formula is C15H13F3N2OS2. The van der Waals surface area contributed by atoms with Crippen LogP contribution in [-0.4, -0.2) is 12.1 Å². The summed E-state index contributed by atoms with van der Waals surface area (Å²) in [4.78, 5) is 4.66. The quantitative estimate of drug-likeness (QED) is 0.610. The first-order valence-electron chi connectivity index (χ1n) is 6.36. The van der Waals surface area contributed by atoms with Crippen molar-refractivity contribution in [3.05, 3.63) is 48.0 Å². The zero-order valence-electron chi connectivity index (χ0n) is 12.0. The van der Waals surface area contributed by atoms with Gasteiger partial charge in [-0.25, -0.2) is 4.98 Å². The van der Waals surface area contributed by atoms with Crippen LogP contribution in [0.3, 0.4) is 0 Å². The van der Waals surface area contributed by atoms with Gasteiger partial charge in [0.1, 0.15) is 5.75 Å². The van der Waals surface area contributed by atoms with E-state index in [-0.39, 0.29) is 0 Å². The number of fused-ring (bicyclic) bond motifs is 1. The number of nitrogen functional groups attached to an aromatic ring is 1. The number of nitrogens with zero attached hydrogens (tertiary/aromatic N) is 1. The molecule has 0 atom stereocenters. The van der Waals surface area contributed by atoms with Crippen LogP contribution in [0.15, 0.2) is 47.4 Å². The zero-order chi connectivity index (χ0) is 17.0. The molecule has 3 aromatic rings. The van der Waals surface area contributed by atoms with E-state index < -0.39 is 11.7 Å². The highest BCUT2D eigenvalue weighted by molar-refractivity contribution is 7.80. The van der Waals surface area contributed by atoms with Crippen LogP contribution in [-0.2, 0) is 6.18 Å². The predicted octanol–water partition coefficient (Wildman–Crippen LogP) is 4.88. The second kappa shape index (κ2) is 7.10. The third-order valence-corrected chi connectivity index (χ3v) is 3.95. The first-order chi connectivity index (χ1) is 10.8. The molecule has 122 valence electrons. The molecule has 0 bridgehead atoms. The number of benzene rings is 2. The van der Waals surface area contributed by atoms with Crippen molar-refractivity contribution >= 4 is 39.3 Å². The molecule has 0 radical (unpaired) electrons. The fraction of sp³-hybridized carbons (Fsp3) is 0.133. The van der Waals surface area contributed by atoms with Gasteiger partial charge in [-0.2, -0.15) is 13.2 Å². The average molecular weight is 358 g/mol. The molecule has 3 rings (SSSR count). The highest BCUT2D eigenvalue weighted by atomic mass is 32.1. The number of thiazole rings is 1. The van der Waals surface area contributed by atoms with E-state index in [1.54, 1.807) is 7.11 Å². The Hall–Kier alpha value is -1.93. The van der Waals surface area contributed by atoms with E-state index in [1.807, 2.05) is 18.2 Å². The van der Waals surface area contributed by atoms with Crippen LogP contribution < -0.4 is 10.5 Å². The third-order valence-electron chi connectivity index (χ3n) is 2.81. The van der Waals surface area contributed by atoms with E-state index in [0.29, 0.717) is 10.0 Å². The van der Waals surface area contributed by atoms with Gasteiger partial charge in [0.2, 0.25) is 0 Å². The van der Waals surface area contributed by atoms with Gasteiger partial charge in [-0.1, -0.05) is 11.3 Å². The highest BCUT2D eigenvalue weighted by Gasteiger charge is 2.29. The SMILES string of the molecule is COc1ccc2nc(N)sc2c1.FC(F)(F)c1ccc(S)cc1. The number of rotatable bonds is 1. The summed E-state index contributed by atoms with van der Waals surface area (Å²) < 4.78 is 41.8. The minimum absolute atomic E-state index is 0.526. The number of halogens is 3. The Morgan fingerprint density at radius 1 is 1.13 bits per heavy atom. The maximum atomic E-state index is 11.9. The van der Waals surface area contributed by atoms with E-state index in [1.165, 1.54) is 23.5 Å². The molecule has 0 unspecified atom stereocenters. The number of hydrogen-bond acceptors (Lipinski definition) is 5. The first-order valence-corrected chi connectivity index (χ1v) is 7.62. The first kappa shape index (κ1) is 17.4. The van der Waals surface area contributed by atoms with Crippen molar-refractivity contribution in [1.82, 2.24) is 4.98 Å². The van der Waals surface area contributed by atoms with Gasteiger partial charge < -0.3 is 10.5 Å². The second-order valence-electron chi connectivity index (χ2n) is 4.43. The molecule has 0 aliphatic heterocycles. The minimum atomic E-state index is -4.25. The van der Waals surface area contributed by atoms with Gasteiger partial charge >= 0.3 is 6.18 Å². The summed E-state index contributed by atoms with van der Waals surface area (Å²) in [6, 6.07) is 10.3. The topological polar surface area (TPSA) is 48.1 Å². The lowest BCUT2D eigenvalue weighted by Crippen LogP contribution is -2.03. The standard InChI is InChI=1S/C8H8N2OS.C7H5F3S/c1-11-5-2-3-6-7(4-5)12-8(9)10-6;8-7(9,10)5-1-3-6(11)4-2-5/h2-4H,1H3,(H2,9,10);1-4,11H. The molecule has 0 aliphatic carbocycles. The van der Waals surface area contributed by atoms with Gasteiger partial charge in [-0.15, -0.1) is 12.6 Å². The van der Waals surface area contributed by atoms with Crippen molar-refractivity contribution in [2.24, 2.45) is 0 Å². The van der Waals surface area contributed by atoms with Crippen LogP contribution in [0.4, 0.5) is 18.3 Å². The number of alkyl halides is 3. The molecule has 8 heteroatoms. The molecule has 0 amide bonds. The van der Waals surface area contributed by atoms with Crippen molar-refractivity contribution in [1.29, 1.82) is 0 Å². The van der Waals surface area contributed by atoms with Gasteiger partial charge in [0.05, 0.1) is 22.9 Å². The monoisotopic (exact) mass is 358 g/mol. The summed E-state index contributed by atoms with van der Waals surface area (Å²) in [6.45, 7) is 0. The van der Waals surface area contributed by atoms with E-state index in [0.717, 1.165) is 28.1 Å². The van der Waals surface area contributed by atoms with Gasteiger partial charge in [-0.05, 0) is 42.5 Å². The predicted molar refractivity (Wildman–Crippen MR) is 89.3 cm³/mol. The minimum Gasteiger partial charge on any atom is -0.497 e. The van der Waals surface area contributed by atoms with E-state index >= 15 is 0 Å². The van der Waals surface area contributed by atoms with E-state index in [4.69, 9.17) is 10.5 Å². The lowest BCUT2D eigenvalue weighted by Gasteiger charge is -2.05. The number of thiol groups is 1.